The van der Waals surface area contributed by atoms with Gasteiger partial charge in [0.1, 0.15) is 18.2 Å². The molecular formula is C25H28F3N5O3. The number of alkyl halides is 3. The molecular weight excluding hydrogens is 475 g/mol. The number of hydrogen-bond acceptors (Lipinski definition) is 7. The minimum atomic E-state index is -4.52. The first kappa shape index (κ1) is 25.3. The van der Waals surface area contributed by atoms with Gasteiger partial charge in [0.2, 0.25) is 5.91 Å². The zero-order valence-electron chi connectivity index (χ0n) is 20.4. The monoisotopic (exact) mass is 503 g/mol. The van der Waals surface area contributed by atoms with Crippen molar-refractivity contribution in [1.82, 2.24) is 15.3 Å². The van der Waals surface area contributed by atoms with E-state index < -0.39 is 23.2 Å². The normalized spacial score (nSPS) is 15.3. The largest absolute Gasteiger partial charge is 0.493 e. The van der Waals surface area contributed by atoms with Crippen molar-refractivity contribution in [2.24, 2.45) is 5.41 Å². The SMILES string of the molecule is CNC(=O)C1(COc2cc3c(N[C@H](C)c4cc(N)cc(C(F)(F)F)c4)nc(C)nc3cc2OC)CC1. The Bertz CT molecular complexity index is 1310. The molecule has 192 valence electrons. The first-order valence-electron chi connectivity index (χ1n) is 11.4. The predicted molar refractivity (Wildman–Crippen MR) is 130 cm³/mol. The average molecular weight is 504 g/mol. The Kier molecular flexibility index (Phi) is 6.59. The highest BCUT2D eigenvalue weighted by molar-refractivity contribution is 5.92. The second kappa shape index (κ2) is 9.36. The Morgan fingerprint density at radius 3 is 2.50 bits per heavy atom. The Morgan fingerprint density at radius 1 is 1.17 bits per heavy atom. The highest BCUT2D eigenvalue weighted by Crippen LogP contribution is 2.47. The standard InChI is InChI=1S/C25H28F3N5O3/c1-13(15-7-16(25(26,27)28)9-17(29)8-15)31-22-18-10-21(36-12-24(5-6-24)23(34)30-3)20(35-4)11-19(18)32-14(2)33-22/h7-11,13H,5-6,12,29H2,1-4H3,(H,30,34)(H,31,32,33)/t13-/m1/s1. The number of carbonyl (C=O) groups is 1. The fraction of sp³-hybridized carbons (Fsp3) is 0.400. The number of aromatic nitrogens is 2. The summed E-state index contributed by atoms with van der Waals surface area (Å²) in [7, 11) is 3.10. The number of methoxy groups -OCH3 is 1. The number of aryl methyl sites for hydroxylation is 1. The third-order valence-corrected chi connectivity index (χ3v) is 6.32. The van der Waals surface area contributed by atoms with Crippen LogP contribution in [-0.2, 0) is 11.0 Å². The van der Waals surface area contributed by atoms with Crippen molar-refractivity contribution in [3.63, 3.8) is 0 Å². The second-order valence-corrected chi connectivity index (χ2v) is 9.04. The fourth-order valence-corrected chi connectivity index (χ4v) is 4.08. The molecule has 1 aliphatic carbocycles. The van der Waals surface area contributed by atoms with Crippen LogP contribution >= 0.6 is 0 Å². The summed E-state index contributed by atoms with van der Waals surface area (Å²) in [5.41, 5.74) is 5.31. The smallest absolute Gasteiger partial charge is 0.416 e. The number of fused-ring (bicyclic) bond motifs is 1. The average Bonchev–Trinajstić information content (AvgIpc) is 3.62. The number of nitrogens with two attached hydrogens (primary N) is 1. The van der Waals surface area contributed by atoms with Crippen molar-refractivity contribution in [1.29, 1.82) is 0 Å². The molecule has 4 rings (SSSR count). The van der Waals surface area contributed by atoms with E-state index in [1.165, 1.54) is 13.2 Å². The number of amides is 1. The lowest BCUT2D eigenvalue weighted by molar-refractivity contribution is -0.137. The highest BCUT2D eigenvalue weighted by atomic mass is 19.4. The van der Waals surface area contributed by atoms with E-state index in [0.29, 0.717) is 39.6 Å². The molecule has 3 aromatic rings. The molecule has 0 unspecified atom stereocenters. The number of anilines is 2. The Labute approximate surface area is 206 Å². The van der Waals surface area contributed by atoms with Crippen LogP contribution in [0.4, 0.5) is 24.7 Å². The topological polar surface area (TPSA) is 111 Å². The van der Waals surface area contributed by atoms with Crippen LogP contribution in [-0.4, -0.2) is 36.6 Å². The van der Waals surface area contributed by atoms with Gasteiger partial charge in [-0.3, -0.25) is 4.79 Å². The van der Waals surface area contributed by atoms with E-state index in [0.717, 1.165) is 25.0 Å². The van der Waals surface area contributed by atoms with Crippen LogP contribution in [0.2, 0.25) is 0 Å². The molecule has 1 aromatic heterocycles. The van der Waals surface area contributed by atoms with Crippen LogP contribution in [0.15, 0.2) is 30.3 Å². The zero-order valence-corrected chi connectivity index (χ0v) is 20.4. The summed E-state index contributed by atoms with van der Waals surface area (Å²) < 4.78 is 51.4. The van der Waals surface area contributed by atoms with Crippen LogP contribution in [0.3, 0.4) is 0 Å². The summed E-state index contributed by atoms with van der Waals surface area (Å²) in [4.78, 5) is 21.2. The van der Waals surface area contributed by atoms with Crippen molar-refractivity contribution in [3.05, 3.63) is 47.3 Å². The van der Waals surface area contributed by atoms with Gasteiger partial charge in [0, 0.05) is 24.2 Å². The Hall–Kier alpha value is -3.76. The molecule has 2 aromatic carbocycles. The molecule has 8 nitrogen and oxygen atoms in total. The predicted octanol–water partition coefficient (Wildman–Crippen LogP) is 4.63. The maximum atomic E-state index is 13.3. The van der Waals surface area contributed by atoms with Gasteiger partial charge in [0.05, 0.1) is 29.6 Å². The van der Waals surface area contributed by atoms with Gasteiger partial charge in [-0.05, 0) is 56.5 Å². The van der Waals surface area contributed by atoms with E-state index in [1.807, 2.05) is 0 Å². The number of nitrogen functional groups attached to an aromatic ring is 1. The van der Waals surface area contributed by atoms with Gasteiger partial charge in [0.25, 0.3) is 0 Å². The van der Waals surface area contributed by atoms with E-state index in [9.17, 15) is 18.0 Å². The first-order chi connectivity index (χ1) is 17.0. The van der Waals surface area contributed by atoms with E-state index in [1.54, 1.807) is 33.0 Å². The van der Waals surface area contributed by atoms with E-state index in [2.05, 4.69) is 20.6 Å². The van der Waals surface area contributed by atoms with Crippen molar-refractivity contribution in [2.45, 2.75) is 38.9 Å². The molecule has 1 heterocycles. The molecule has 0 bridgehead atoms. The molecule has 1 amide bonds. The fourth-order valence-electron chi connectivity index (χ4n) is 4.08. The number of halogens is 3. The van der Waals surface area contributed by atoms with Gasteiger partial charge >= 0.3 is 6.18 Å². The minimum Gasteiger partial charge on any atom is -0.493 e. The Morgan fingerprint density at radius 2 is 1.89 bits per heavy atom. The van der Waals surface area contributed by atoms with Crippen molar-refractivity contribution >= 4 is 28.3 Å². The number of hydrogen-bond donors (Lipinski definition) is 3. The highest BCUT2D eigenvalue weighted by Gasteiger charge is 2.50. The maximum absolute atomic E-state index is 13.3. The third-order valence-electron chi connectivity index (χ3n) is 6.32. The molecule has 1 atom stereocenters. The second-order valence-electron chi connectivity index (χ2n) is 9.04. The van der Waals surface area contributed by atoms with Crippen LogP contribution in [0.5, 0.6) is 11.5 Å². The van der Waals surface area contributed by atoms with Gasteiger partial charge in [-0.2, -0.15) is 13.2 Å². The van der Waals surface area contributed by atoms with Crippen LogP contribution in [0.1, 0.15) is 42.8 Å². The molecule has 0 radical (unpaired) electrons. The summed E-state index contributed by atoms with van der Waals surface area (Å²) in [6.07, 6.45) is -3.05. The van der Waals surface area contributed by atoms with Gasteiger partial charge in [0.15, 0.2) is 11.5 Å². The molecule has 0 saturated heterocycles. The van der Waals surface area contributed by atoms with Crippen molar-refractivity contribution in [2.75, 3.05) is 31.8 Å². The first-order valence-corrected chi connectivity index (χ1v) is 11.4. The number of nitrogens with one attached hydrogen (secondary N) is 2. The van der Waals surface area contributed by atoms with E-state index >= 15 is 0 Å². The maximum Gasteiger partial charge on any atom is 0.416 e. The molecule has 11 heteroatoms. The van der Waals surface area contributed by atoms with Gasteiger partial charge in [-0.1, -0.05) is 0 Å². The van der Waals surface area contributed by atoms with Crippen LogP contribution < -0.4 is 25.8 Å². The summed E-state index contributed by atoms with van der Waals surface area (Å²) in [5, 5.41) is 6.45. The van der Waals surface area contributed by atoms with Gasteiger partial charge in [-0.15, -0.1) is 0 Å². The molecule has 1 fully saturated rings. The number of ether oxygens (including phenoxy) is 2. The summed E-state index contributed by atoms with van der Waals surface area (Å²) in [5.74, 6) is 1.66. The summed E-state index contributed by atoms with van der Waals surface area (Å²) >= 11 is 0. The molecule has 1 aliphatic rings. The molecule has 0 spiro atoms. The Balaban J connectivity index is 1.68. The van der Waals surface area contributed by atoms with Crippen LogP contribution in [0, 0.1) is 12.3 Å². The molecule has 0 aliphatic heterocycles. The van der Waals surface area contributed by atoms with Gasteiger partial charge in [-0.25, -0.2) is 9.97 Å². The van der Waals surface area contributed by atoms with Gasteiger partial charge < -0.3 is 25.8 Å². The zero-order chi connectivity index (χ0) is 26.3. The lowest BCUT2D eigenvalue weighted by atomic mass is 10.0. The lowest BCUT2D eigenvalue weighted by Gasteiger charge is -2.20. The van der Waals surface area contributed by atoms with Crippen LogP contribution in [0.25, 0.3) is 10.9 Å². The minimum absolute atomic E-state index is 0.0164. The van der Waals surface area contributed by atoms with Crippen molar-refractivity contribution in [3.8, 4) is 11.5 Å². The number of carbonyl (C=O) groups excluding carboxylic acids is 1. The number of rotatable bonds is 8. The molecule has 4 N–H and O–H groups in total. The lowest BCUT2D eigenvalue weighted by Crippen LogP contribution is -2.33. The van der Waals surface area contributed by atoms with E-state index in [4.69, 9.17) is 15.2 Å². The van der Waals surface area contributed by atoms with Crippen molar-refractivity contribution < 1.29 is 27.4 Å². The summed E-state index contributed by atoms with van der Waals surface area (Å²) in [6, 6.07) is 6.33. The number of benzene rings is 2. The number of nitrogens with zero attached hydrogens (tertiary/aromatic N) is 2. The molecule has 1 saturated carbocycles. The third kappa shape index (κ3) is 5.09. The quantitative estimate of drug-likeness (QED) is 0.385. The summed E-state index contributed by atoms with van der Waals surface area (Å²) in [6.45, 7) is 3.62. The molecule has 36 heavy (non-hydrogen) atoms. The van der Waals surface area contributed by atoms with E-state index in [-0.39, 0.29) is 18.2 Å².